The molecule has 0 aliphatic rings. The third kappa shape index (κ3) is 1.97. The molecule has 1 heterocycles. The largest absolute Gasteiger partial charge is 0.465 e. The summed E-state index contributed by atoms with van der Waals surface area (Å²) in [7, 11) is 1.39. The highest BCUT2D eigenvalue weighted by atomic mass is 32.1. The van der Waals surface area contributed by atoms with E-state index < -0.39 is 0 Å². The molecule has 0 bridgehead atoms. The number of benzene rings is 1. The van der Waals surface area contributed by atoms with Gasteiger partial charge in [-0.05, 0) is 30.6 Å². The van der Waals surface area contributed by atoms with E-state index in [1.165, 1.54) is 18.6 Å². The lowest BCUT2D eigenvalue weighted by molar-refractivity contribution is 0.0601. The van der Waals surface area contributed by atoms with Crippen molar-refractivity contribution in [1.29, 1.82) is 0 Å². The van der Waals surface area contributed by atoms with Crippen LogP contribution in [-0.2, 0) is 4.74 Å². The summed E-state index contributed by atoms with van der Waals surface area (Å²) in [4.78, 5) is 12.6. The summed E-state index contributed by atoms with van der Waals surface area (Å²) < 4.78 is 8.96. The molecule has 0 atom stereocenters. The Hall–Kier alpha value is -1.68. The van der Waals surface area contributed by atoms with Crippen molar-refractivity contribution < 1.29 is 9.53 Å². The normalized spacial score (nSPS) is 10.1. The fourth-order valence-electron chi connectivity index (χ4n) is 1.48. The van der Waals surface area contributed by atoms with Gasteiger partial charge in [0.25, 0.3) is 0 Å². The molecule has 0 fully saturated rings. The highest BCUT2D eigenvalue weighted by Crippen LogP contribution is 2.28. The molecule has 0 radical (unpaired) electrons. The molecule has 4 heteroatoms. The summed E-state index contributed by atoms with van der Waals surface area (Å²) in [5.41, 5.74) is 2.41. The first-order valence-electron chi connectivity index (χ1n) is 4.83. The lowest BCUT2D eigenvalue weighted by atomic mass is 10.1. The minimum Gasteiger partial charge on any atom is -0.465 e. The Kier molecular flexibility index (Phi) is 3.01. The van der Waals surface area contributed by atoms with E-state index in [1.807, 2.05) is 31.2 Å². The fraction of sp³-hybridized carbons (Fsp3) is 0.167. The summed E-state index contributed by atoms with van der Waals surface area (Å²) in [6.07, 6.45) is 0. The number of hydrogen-bond acceptors (Lipinski definition) is 4. The Morgan fingerprint density at radius 2 is 2.12 bits per heavy atom. The molecule has 0 aliphatic heterocycles. The zero-order chi connectivity index (χ0) is 11.5. The van der Waals surface area contributed by atoms with E-state index in [9.17, 15) is 4.79 Å². The Balaban J connectivity index is 2.52. The first-order chi connectivity index (χ1) is 7.72. The summed E-state index contributed by atoms with van der Waals surface area (Å²) >= 11 is 1.39. The summed E-state index contributed by atoms with van der Waals surface area (Å²) in [5, 5.41) is 0. The van der Waals surface area contributed by atoms with Gasteiger partial charge in [0, 0.05) is 5.56 Å². The molecule has 16 heavy (non-hydrogen) atoms. The molecule has 0 saturated heterocycles. The maximum Gasteiger partial charge on any atom is 0.338 e. The van der Waals surface area contributed by atoms with Crippen LogP contribution in [0.3, 0.4) is 0 Å². The molecule has 0 spiro atoms. The topological polar surface area (TPSA) is 39.2 Å². The Bertz CT molecular complexity index is 519. The number of aromatic nitrogens is 1. The van der Waals surface area contributed by atoms with Crippen molar-refractivity contribution in [1.82, 2.24) is 4.37 Å². The number of esters is 1. The van der Waals surface area contributed by atoms with Gasteiger partial charge in [0.1, 0.15) is 0 Å². The number of ether oxygens (including phenoxy) is 1. The number of carbonyl (C=O) groups excluding carboxylic acids is 1. The standard InChI is InChI=1S/C12H11NO2S/c1-8-7-11(16-13-8)9-5-3-4-6-10(9)12(14)15-2/h3-7H,1-2H3. The molecule has 82 valence electrons. The van der Waals surface area contributed by atoms with Gasteiger partial charge in [-0.15, -0.1) is 0 Å². The second-order valence-corrected chi connectivity index (χ2v) is 4.17. The highest BCUT2D eigenvalue weighted by molar-refractivity contribution is 7.09. The fourth-order valence-corrected chi connectivity index (χ4v) is 2.27. The second-order valence-electron chi connectivity index (χ2n) is 3.37. The average molecular weight is 233 g/mol. The number of nitrogens with zero attached hydrogens (tertiary/aromatic N) is 1. The molecule has 2 aromatic rings. The van der Waals surface area contributed by atoms with Gasteiger partial charge < -0.3 is 4.74 Å². The van der Waals surface area contributed by atoms with E-state index >= 15 is 0 Å². The van der Waals surface area contributed by atoms with Gasteiger partial charge in [-0.2, -0.15) is 4.37 Å². The molecule has 0 saturated carbocycles. The zero-order valence-electron chi connectivity index (χ0n) is 9.06. The predicted octanol–water partition coefficient (Wildman–Crippen LogP) is 2.91. The quantitative estimate of drug-likeness (QED) is 0.749. The van der Waals surface area contributed by atoms with Crippen molar-refractivity contribution in [3.05, 3.63) is 41.6 Å². The van der Waals surface area contributed by atoms with Crippen LogP contribution < -0.4 is 0 Å². The maximum absolute atomic E-state index is 11.6. The third-order valence-electron chi connectivity index (χ3n) is 2.23. The Morgan fingerprint density at radius 1 is 1.38 bits per heavy atom. The van der Waals surface area contributed by atoms with Gasteiger partial charge in [0.05, 0.1) is 23.2 Å². The number of rotatable bonds is 2. The molecule has 1 aromatic heterocycles. The van der Waals surface area contributed by atoms with Gasteiger partial charge in [0.15, 0.2) is 0 Å². The minimum absolute atomic E-state index is 0.318. The van der Waals surface area contributed by atoms with Crippen LogP contribution in [-0.4, -0.2) is 17.5 Å². The van der Waals surface area contributed by atoms with Crippen molar-refractivity contribution in [3.8, 4) is 10.4 Å². The first kappa shape index (κ1) is 10.8. The molecule has 0 amide bonds. The molecule has 3 nitrogen and oxygen atoms in total. The third-order valence-corrected chi connectivity index (χ3v) is 3.14. The van der Waals surface area contributed by atoms with Crippen molar-refractivity contribution in [2.24, 2.45) is 0 Å². The van der Waals surface area contributed by atoms with Crippen LogP contribution in [0.25, 0.3) is 10.4 Å². The smallest absolute Gasteiger partial charge is 0.338 e. The van der Waals surface area contributed by atoms with Crippen molar-refractivity contribution in [3.63, 3.8) is 0 Å². The molecule has 1 aromatic carbocycles. The van der Waals surface area contributed by atoms with Gasteiger partial charge in [-0.1, -0.05) is 18.2 Å². The van der Waals surface area contributed by atoms with Gasteiger partial charge >= 0.3 is 5.97 Å². The van der Waals surface area contributed by atoms with Crippen LogP contribution in [0.15, 0.2) is 30.3 Å². The average Bonchev–Trinajstić information content (AvgIpc) is 2.75. The van der Waals surface area contributed by atoms with E-state index in [0.29, 0.717) is 5.56 Å². The van der Waals surface area contributed by atoms with Crippen LogP contribution in [0.5, 0.6) is 0 Å². The van der Waals surface area contributed by atoms with Crippen LogP contribution in [0, 0.1) is 6.92 Å². The first-order valence-corrected chi connectivity index (χ1v) is 5.60. The van der Waals surface area contributed by atoms with Crippen molar-refractivity contribution in [2.45, 2.75) is 6.92 Å². The number of carbonyl (C=O) groups is 1. The van der Waals surface area contributed by atoms with Crippen molar-refractivity contribution >= 4 is 17.5 Å². The van der Waals surface area contributed by atoms with Gasteiger partial charge in [-0.25, -0.2) is 4.79 Å². The molecule has 2 rings (SSSR count). The van der Waals surface area contributed by atoms with Gasteiger partial charge in [0.2, 0.25) is 0 Å². The maximum atomic E-state index is 11.6. The predicted molar refractivity (Wildman–Crippen MR) is 63.6 cm³/mol. The van der Waals surface area contributed by atoms with E-state index in [1.54, 1.807) is 6.07 Å². The number of methoxy groups -OCH3 is 1. The molecule has 0 unspecified atom stereocenters. The Labute approximate surface area is 97.9 Å². The summed E-state index contributed by atoms with van der Waals surface area (Å²) in [6.45, 7) is 1.93. The van der Waals surface area contributed by atoms with Crippen LogP contribution in [0.1, 0.15) is 16.1 Å². The van der Waals surface area contributed by atoms with Crippen LogP contribution in [0.4, 0.5) is 0 Å². The minimum atomic E-state index is -0.318. The number of hydrogen-bond donors (Lipinski definition) is 0. The summed E-state index contributed by atoms with van der Waals surface area (Å²) in [6, 6.07) is 9.35. The van der Waals surface area contributed by atoms with Crippen LogP contribution >= 0.6 is 11.5 Å². The SMILES string of the molecule is COC(=O)c1ccccc1-c1cc(C)ns1. The molecule has 0 aliphatic carbocycles. The van der Waals surface area contributed by atoms with Crippen LogP contribution in [0.2, 0.25) is 0 Å². The highest BCUT2D eigenvalue weighted by Gasteiger charge is 2.13. The second kappa shape index (κ2) is 4.45. The monoisotopic (exact) mass is 233 g/mol. The zero-order valence-corrected chi connectivity index (χ0v) is 9.88. The molecular weight excluding hydrogens is 222 g/mol. The molecule has 0 N–H and O–H groups in total. The van der Waals surface area contributed by atoms with E-state index in [4.69, 9.17) is 4.74 Å². The Morgan fingerprint density at radius 3 is 2.75 bits per heavy atom. The lowest BCUT2D eigenvalue weighted by Crippen LogP contribution is -2.02. The van der Waals surface area contributed by atoms with Gasteiger partial charge in [-0.3, -0.25) is 0 Å². The van der Waals surface area contributed by atoms with E-state index in [2.05, 4.69) is 4.37 Å². The molecular formula is C12H11NO2S. The number of aryl methyl sites for hydroxylation is 1. The summed E-state index contributed by atoms with van der Waals surface area (Å²) in [5.74, 6) is -0.318. The van der Waals surface area contributed by atoms with E-state index in [0.717, 1.165) is 16.1 Å². The van der Waals surface area contributed by atoms with E-state index in [-0.39, 0.29) is 5.97 Å². The van der Waals surface area contributed by atoms with Crippen molar-refractivity contribution in [2.75, 3.05) is 7.11 Å². The lowest BCUT2D eigenvalue weighted by Gasteiger charge is -2.04.